The quantitative estimate of drug-likeness (QED) is 0.352. The second-order valence-electron chi connectivity index (χ2n) is 3.04. The van der Waals surface area contributed by atoms with E-state index in [1.165, 1.54) is 24.3 Å². The molecule has 2 aromatic heterocycles. The van der Waals surface area contributed by atoms with Crippen LogP contribution in [-0.2, 0) is 0 Å². The van der Waals surface area contributed by atoms with Crippen molar-refractivity contribution in [3.8, 4) is 0 Å². The van der Waals surface area contributed by atoms with E-state index in [0.29, 0.717) is 25.1 Å². The molecule has 2 rings (SSSR count). The van der Waals surface area contributed by atoms with Crippen LogP contribution in [0.2, 0.25) is 30.7 Å². The van der Waals surface area contributed by atoms with Crippen LogP contribution >= 0.6 is 69.6 Å². The van der Waals surface area contributed by atoms with Crippen LogP contribution in [0, 0.1) is 5.21 Å². The molecule has 0 aliphatic heterocycles. The maximum atomic E-state index is 10.7. The monoisotopic (exact) mass is 378 g/mol. The molecule has 0 unspecified atom stereocenters. The maximum Gasteiger partial charge on any atom is 0.288 e. The van der Waals surface area contributed by atoms with Gasteiger partial charge in [-0.1, -0.05) is 46.4 Å². The molecular formula is C10H4Cl6N2O. The smallest absolute Gasteiger partial charge is 0.288 e. The summed E-state index contributed by atoms with van der Waals surface area (Å²) >= 11 is 32.8. The van der Waals surface area contributed by atoms with Crippen LogP contribution in [0.1, 0.15) is 0 Å². The van der Waals surface area contributed by atoms with Crippen LogP contribution in [0.5, 0.6) is 0 Å². The molecule has 0 spiro atoms. The third-order valence-corrected chi connectivity index (χ3v) is 2.98. The van der Waals surface area contributed by atoms with Crippen molar-refractivity contribution < 1.29 is 4.73 Å². The summed E-state index contributed by atoms with van der Waals surface area (Å²) < 4.78 is 0.384. The van der Waals surface area contributed by atoms with Crippen molar-refractivity contribution in [3.63, 3.8) is 0 Å². The Kier molecular flexibility index (Phi) is 6.74. The Morgan fingerprint density at radius 3 is 1.47 bits per heavy atom. The summed E-state index contributed by atoms with van der Waals surface area (Å²) in [5.74, 6) is 0. The average Bonchev–Trinajstić information content (AvgIpc) is 2.24. The Morgan fingerprint density at radius 2 is 1.11 bits per heavy atom. The van der Waals surface area contributed by atoms with Gasteiger partial charge in [0, 0.05) is 17.2 Å². The topological polar surface area (TPSA) is 39.8 Å². The normalized spacial score (nSPS) is 9.79. The van der Waals surface area contributed by atoms with E-state index in [1.54, 1.807) is 0 Å². The molecule has 0 N–H and O–H groups in total. The summed E-state index contributed by atoms with van der Waals surface area (Å²) in [6, 6.07) is 5.69. The molecule has 3 nitrogen and oxygen atoms in total. The Labute approximate surface area is 139 Å². The number of hydrogen-bond donors (Lipinski definition) is 0. The van der Waals surface area contributed by atoms with Gasteiger partial charge in [-0.2, -0.15) is 0 Å². The molecule has 0 aliphatic rings. The minimum atomic E-state index is -0.0301. The first-order valence-electron chi connectivity index (χ1n) is 4.52. The molecule has 0 aliphatic carbocycles. The minimum absolute atomic E-state index is 0.0301. The SMILES string of the molecule is Clc1cc(Cl)nc(Cl)c1.[O-][n+]1c(Cl)cc(Cl)cc1Cl. The lowest BCUT2D eigenvalue weighted by Crippen LogP contribution is -2.28. The van der Waals surface area contributed by atoms with E-state index >= 15 is 0 Å². The summed E-state index contributed by atoms with van der Waals surface area (Å²) in [6.45, 7) is 0. The average molecular weight is 381 g/mol. The predicted molar refractivity (Wildman–Crippen MR) is 79.7 cm³/mol. The van der Waals surface area contributed by atoms with Crippen LogP contribution in [0.25, 0.3) is 0 Å². The van der Waals surface area contributed by atoms with Gasteiger partial charge in [-0.15, -0.1) is 4.73 Å². The van der Waals surface area contributed by atoms with Gasteiger partial charge in [0.05, 0.1) is 5.02 Å². The Morgan fingerprint density at radius 1 is 0.737 bits per heavy atom. The van der Waals surface area contributed by atoms with E-state index in [1.807, 2.05) is 0 Å². The molecule has 102 valence electrons. The largest absolute Gasteiger partial charge is 0.617 e. The van der Waals surface area contributed by atoms with Gasteiger partial charge in [-0.3, -0.25) is 0 Å². The summed E-state index contributed by atoms with van der Waals surface area (Å²) in [5.41, 5.74) is 0. The van der Waals surface area contributed by atoms with Crippen molar-refractivity contribution in [2.24, 2.45) is 0 Å². The molecular weight excluding hydrogens is 377 g/mol. The second-order valence-corrected chi connectivity index (χ2v) is 5.47. The van der Waals surface area contributed by atoms with Crippen LogP contribution in [0.3, 0.4) is 0 Å². The van der Waals surface area contributed by atoms with E-state index < -0.39 is 0 Å². The Bertz CT molecular complexity index is 519. The van der Waals surface area contributed by atoms with E-state index in [-0.39, 0.29) is 10.3 Å². The standard InChI is InChI=1S/C5H2Cl3NO.C5H2Cl3N/c6-3-1-4(7)9(10)5(8)2-3;6-3-1-4(7)9-5(8)2-3/h1-2H;1-2H. The van der Waals surface area contributed by atoms with Gasteiger partial charge < -0.3 is 5.21 Å². The van der Waals surface area contributed by atoms with Crippen LogP contribution in [0.15, 0.2) is 24.3 Å². The molecule has 0 saturated heterocycles. The van der Waals surface area contributed by atoms with E-state index in [2.05, 4.69) is 4.98 Å². The lowest BCUT2D eigenvalue weighted by atomic mass is 10.5. The number of pyridine rings is 2. The molecule has 0 aromatic carbocycles. The first kappa shape index (κ1) is 16.9. The van der Waals surface area contributed by atoms with Crippen molar-refractivity contribution >= 4 is 69.6 Å². The zero-order valence-corrected chi connectivity index (χ0v) is 13.4. The zero-order chi connectivity index (χ0) is 14.6. The van der Waals surface area contributed by atoms with Crippen molar-refractivity contribution in [1.82, 2.24) is 4.98 Å². The lowest BCUT2D eigenvalue weighted by molar-refractivity contribution is -0.600. The molecule has 19 heavy (non-hydrogen) atoms. The predicted octanol–water partition coefficient (Wildman–Crippen LogP) is 5.32. The van der Waals surface area contributed by atoms with Crippen molar-refractivity contribution in [2.75, 3.05) is 0 Å². The highest BCUT2D eigenvalue weighted by Gasteiger charge is 2.07. The molecule has 2 heterocycles. The molecule has 9 heteroatoms. The number of aromatic nitrogens is 2. The van der Waals surface area contributed by atoms with Crippen LogP contribution in [0.4, 0.5) is 0 Å². The molecule has 0 atom stereocenters. The van der Waals surface area contributed by atoms with Crippen molar-refractivity contribution in [3.05, 3.63) is 60.1 Å². The molecule has 0 radical (unpaired) electrons. The number of nitrogens with zero attached hydrogens (tertiary/aromatic N) is 2. The van der Waals surface area contributed by atoms with Crippen molar-refractivity contribution in [2.45, 2.75) is 0 Å². The fraction of sp³-hybridized carbons (Fsp3) is 0. The number of halogens is 6. The second kappa shape index (κ2) is 7.58. The molecule has 0 bridgehead atoms. The van der Waals surface area contributed by atoms with E-state index in [4.69, 9.17) is 69.6 Å². The van der Waals surface area contributed by atoms with Gasteiger partial charge in [0.15, 0.2) is 0 Å². The Balaban J connectivity index is 0.000000191. The molecule has 0 saturated carbocycles. The number of hydrogen-bond acceptors (Lipinski definition) is 2. The highest BCUT2D eigenvalue weighted by atomic mass is 35.5. The lowest BCUT2D eigenvalue weighted by Gasteiger charge is -1.99. The highest BCUT2D eigenvalue weighted by Crippen LogP contribution is 2.18. The summed E-state index contributed by atoms with van der Waals surface area (Å²) in [7, 11) is 0. The zero-order valence-electron chi connectivity index (χ0n) is 8.88. The highest BCUT2D eigenvalue weighted by molar-refractivity contribution is 6.37. The van der Waals surface area contributed by atoms with Gasteiger partial charge in [0.2, 0.25) is 0 Å². The number of rotatable bonds is 0. The fourth-order valence-electron chi connectivity index (χ4n) is 0.924. The fourth-order valence-corrected chi connectivity index (χ4v) is 2.48. The van der Waals surface area contributed by atoms with Gasteiger partial charge >= 0.3 is 0 Å². The van der Waals surface area contributed by atoms with E-state index in [0.717, 1.165) is 0 Å². The summed E-state index contributed by atoms with van der Waals surface area (Å²) in [5, 5.41) is 12.1. The Hall–Kier alpha value is -0.160. The minimum Gasteiger partial charge on any atom is -0.617 e. The maximum absolute atomic E-state index is 10.7. The first-order chi connectivity index (χ1) is 8.79. The molecule has 0 fully saturated rings. The summed E-state index contributed by atoms with van der Waals surface area (Å²) in [4.78, 5) is 3.68. The van der Waals surface area contributed by atoms with Gasteiger partial charge in [0.25, 0.3) is 10.3 Å². The van der Waals surface area contributed by atoms with Gasteiger partial charge in [-0.25, -0.2) is 4.98 Å². The molecule has 0 amide bonds. The third-order valence-electron chi connectivity index (χ3n) is 1.63. The van der Waals surface area contributed by atoms with Crippen LogP contribution in [-0.4, -0.2) is 4.98 Å². The van der Waals surface area contributed by atoms with Crippen LogP contribution < -0.4 is 4.73 Å². The van der Waals surface area contributed by atoms with Gasteiger partial charge in [-0.05, 0) is 35.3 Å². The first-order valence-corrected chi connectivity index (χ1v) is 6.79. The van der Waals surface area contributed by atoms with Crippen molar-refractivity contribution in [1.29, 1.82) is 0 Å². The third kappa shape index (κ3) is 5.78. The van der Waals surface area contributed by atoms with Gasteiger partial charge in [0.1, 0.15) is 10.3 Å². The van der Waals surface area contributed by atoms with E-state index in [9.17, 15) is 5.21 Å². The summed E-state index contributed by atoms with van der Waals surface area (Å²) in [6.07, 6.45) is 0. The molecule has 2 aromatic rings.